The quantitative estimate of drug-likeness (QED) is 0.846. The van der Waals surface area contributed by atoms with Crippen LogP contribution in [0.2, 0.25) is 0 Å². The number of hydrogen-bond donors (Lipinski definition) is 0. The van der Waals surface area contributed by atoms with E-state index >= 15 is 0 Å². The number of likely N-dealkylation sites (tertiary alicyclic amines) is 1. The fraction of sp³-hybridized carbons (Fsp3) is 0.550. The van der Waals surface area contributed by atoms with Crippen molar-refractivity contribution < 1.29 is 9.53 Å². The fourth-order valence-corrected chi connectivity index (χ4v) is 4.69. The van der Waals surface area contributed by atoms with Crippen molar-refractivity contribution in [1.82, 2.24) is 19.9 Å². The lowest BCUT2D eigenvalue weighted by Crippen LogP contribution is -2.60. The van der Waals surface area contributed by atoms with E-state index < -0.39 is 0 Å². The second-order valence-electron chi connectivity index (χ2n) is 8.27. The van der Waals surface area contributed by atoms with Crippen LogP contribution in [0.5, 0.6) is 5.75 Å². The minimum atomic E-state index is -0.118. The maximum atomic E-state index is 12.8. The van der Waals surface area contributed by atoms with Crippen molar-refractivity contribution in [3.8, 4) is 11.4 Å². The van der Waals surface area contributed by atoms with Gasteiger partial charge in [0.15, 0.2) is 0 Å². The highest BCUT2D eigenvalue weighted by Gasteiger charge is 2.59. The van der Waals surface area contributed by atoms with Crippen molar-refractivity contribution in [2.45, 2.75) is 52.1 Å². The first-order chi connectivity index (χ1) is 12.3. The van der Waals surface area contributed by atoms with Crippen molar-refractivity contribution in [3.05, 3.63) is 36.2 Å². The first-order valence-electron chi connectivity index (χ1n) is 9.21. The van der Waals surface area contributed by atoms with E-state index in [1.54, 1.807) is 11.8 Å². The number of benzene rings is 1. The van der Waals surface area contributed by atoms with Crippen LogP contribution in [0.1, 0.15) is 45.7 Å². The van der Waals surface area contributed by atoms with Gasteiger partial charge < -0.3 is 9.64 Å². The van der Waals surface area contributed by atoms with E-state index in [4.69, 9.17) is 4.74 Å². The molecule has 2 bridgehead atoms. The summed E-state index contributed by atoms with van der Waals surface area (Å²) >= 11 is 0. The number of rotatable bonds is 4. The number of carbonyl (C=O) groups excluding carboxylic acids is 1. The predicted octanol–water partition coefficient (Wildman–Crippen LogP) is 3.20. The first kappa shape index (κ1) is 17.1. The Bertz CT molecular complexity index is 844. The Kier molecular flexibility index (Phi) is 3.82. The zero-order valence-electron chi connectivity index (χ0n) is 15.9. The predicted molar refractivity (Wildman–Crippen MR) is 98.0 cm³/mol. The summed E-state index contributed by atoms with van der Waals surface area (Å²) in [5.41, 5.74) is 1.71. The van der Waals surface area contributed by atoms with E-state index in [1.165, 1.54) is 0 Å². The number of methoxy groups -OCH3 is 1. The van der Waals surface area contributed by atoms with Crippen molar-refractivity contribution in [3.63, 3.8) is 0 Å². The molecule has 6 heteroatoms. The van der Waals surface area contributed by atoms with Crippen LogP contribution in [0.25, 0.3) is 5.69 Å². The van der Waals surface area contributed by atoms with E-state index in [1.807, 2.05) is 35.4 Å². The molecule has 0 spiro atoms. The summed E-state index contributed by atoms with van der Waals surface area (Å²) < 4.78 is 7.01. The second kappa shape index (κ2) is 5.83. The van der Waals surface area contributed by atoms with Crippen LogP contribution in [-0.2, 0) is 11.3 Å². The lowest BCUT2D eigenvalue weighted by Gasteiger charge is -2.52. The molecule has 6 nitrogen and oxygen atoms in total. The molecule has 1 saturated heterocycles. The van der Waals surface area contributed by atoms with Crippen LogP contribution in [-0.4, -0.2) is 38.4 Å². The van der Waals surface area contributed by atoms with Crippen LogP contribution in [0.15, 0.2) is 30.5 Å². The third-order valence-electron chi connectivity index (χ3n) is 6.88. The summed E-state index contributed by atoms with van der Waals surface area (Å²) in [5, 5.41) is 8.56. The highest BCUT2D eigenvalue weighted by molar-refractivity contribution is 5.79. The van der Waals surface area contributed by atoms with Crippen molar-refractivity contribution in [1.29, 1.82) is 0 Å². The van der Waals surface area contributed by atoms with Gasteiger partial charge in [0.2, 0.25) is 5.91 Å². The van der Waals surface area contributed by atoms with Gasteiger partial charge in [0, 0.05) is 18.0 Å². The van der Waals surface area contributed by atoms with Crippen molar-refractivity contribution >= 4 is 5.91 Å². The number of amides is 1. The Morgan fingerprint density at radius 2 is 2.12 bits per heavy atom. The molecular formula is C20H26N4O2. The molecule has 2 aliphatic rings. The summed E-state index contributed by atoms with van der Waals surface area (Å²) in [4.78, 5) is 14.8. The molecule has 0 radical (unpaired) electrons. The average molecular weight is 354 g/mol. The van der Waals surface area contributed by atoms with Gasteiger partial charge in [-0.2, -0.15) is 0 Å². The van der Waals surface area contributed by atoms with Crippen molar-refractivity contribution in [2.75, 3.05) is 7.11 Å². The van der Waals surface area contributed by atoms with Crippen LogP contribution in [0, 0.1) is 11.3 Å². The highest BCUT2D eigenvalue weighted by Crippen LogP contribution is 2.57. The number of fused-ring (bicyclic) bond motifs is 2. The maximum absolute atomic E-state index is 12.8. The lowest BCUT2D eigenvalue weighted by molar-refractivity contribution is -0.152. The van der Waals surface area contributed by atoms with Crippen LogP contribution >= 0.6 is 0 Å². The maximum Gasteiger partial charge on any atom is 0.223 e. The minimum Gasteiger partial charge on any atom is -0.497 e. The number of piperidine rings is 1. The molecule has 1 aliphatic carbocycles. The number of nitrogens with zero attached hydrogens (tertiary/aromatic N) is 4. The van der Waals surface area contributed by atoms with Gasteiger partial charge in [-0.1, -0.05) is 25.1 Å². The Hall–Kier alpha value is -2.37. The van der Waals surface area contributed by atoms with Crippen LogP contribution in [0.4, 0.5) is 0 Å². The zero-order chi connectivity index (χ0) is 18.5. The molecule has 2 aromatic rings. The summed E-state index contributed by atoms with van der Waals surface area (Å²) in [7, 11) is 1.64. The number of hydrogen-bond acceptors (Lipinski definition) is 4. The molecule has 1 amide bonds. The third kappa shape index (κ3) is 2.42. The van der Waals surface area contributed by atoms with E-state index in [-0.39, 0.29) is 16.9 Å². The number of ether oxygens (including phenoxy) is 1. The first-order valence-corrected chi connectivity index (χ1v) is 9.21. The molecule has 1 saturated carbocycles. The number of carbonyl (C=O) groups is 1. The molecular weight excluding hydrogens is 328 g/mol. The van der Waals surface area contributed by atoms with Gasteiger partial charge in [-0.3, -0.25) is 4.79 Å². The van der Waals surface area contributed by atoms with Gasteiger partial charge in [-0.25, -0.2) is 4.68 Å². The van der Waals surface area contributed by atoms with E-state index in [0.29, 0.717) is 18.9 Å². The van der Waals surface area contributed by atoms with Gasteiger partial charge in [-0.05, 0) is 43.2 Å². The molecule has 2 heterocycles. The summed E-state index contributed by atoms with van der Waals surface area (Å²) in [6.07, 6.45) is 4.73. The van der Waals surface area contributed by atoms with E-state index in [2.05, 4.69) is 31.1 Å². The topological polar surface area (TPSA) is 60.2 Å². The molecule has 0 N–H and O–H groups in total. The van der Waals surface area contributed by atoms with Gasteiger partial charge in [0.1, 0.15) is 11.4 Å². The van der Waals surface area contributed by atoms with Gasteiger partial charge in [0.05, 0.1) is 25.5 Å². The smallest absolute Gasteiger partial charge is 0.223 e. The third-order valence-corrected chi connectivity index (χ3v) is 6.88. The monoisotopic (exact) mass is 354 g/mol. The van der Waals surface area contributed by atoms with Gasteiger partial charge >= 0.3 is 0 Å². The molecule has 4 rings (SSSR count). The van der Waals surface area contributed by atoms with Gasteiger partial charge in [-0.15, -0.1) is 5.10 Å². The number of aromatic nitrogens is 3. The molecule has 1 aromatic carbocycles. The van der Waals surface area contributed by atoms with Gasteiger partial charge in [0.25, 0.3) is 0 Å². The Balaban J connectivity index is 1.60. The Morgan fingerprint density at radius 1 is 1.31 bits per heavy atom. The van der Waals surface area contributed by atoms with Crippen LogP contribution in [0.3, 0.4) is 0 Å². The molecule has 1 aliphatic heterocycles. The SMILES string of the molecule is COc1cccc(-n2cc(CN3C(=O)C[C@@H]4CC[C@@]3(C)C4(C)C)nn2)c1. The zero-order valence-corrected chi connectivity index (χ0v) is 15.9. The summed E-state index contributed by atoms with van der Waals surface area (Å²) in [5.74, 6) is 1.51. The lowest BCUT2D eigenvalue weighted by atomic mass is 9.66. The fourth-order valence-electron chi connectivity index (χ4n) is 4.69. The molecule has 138 valence electrons. The largest absolute Gasteiger partial charge is 0.497 e. The van der Waals surface area contributed by atoms with E-state index in [9.17, 15) is 4.79 Å². The standard InChI is InChI=1S/C20H26N4O2/c1-19(2)14-8-9-20(19,3)23(18(25)10-14)12-15-13-24(22-21-15)16-6-5-7-17(11-16)26-4/h5-7,11,13-14H,8-10,12H2,1-4H3/t14-,20-/m0/s1. The summed E-state index contributed by atoms with van der Waals surface area (Å²) in [6, 6.07) is 7.69. The molecule has 2 fully saturated rings. The minimum absolute atomic E-state index is 0.118. The highest BCUT2D eigenvalue weighted by atomic mass is 16.5. The Morgan fingerprint density at radius 3 is 2.88 bits per heavy atom. The van der Waals surface area contributed by atoms with Crippen LogP contribution < -0.4 is 4.74 Å². The second-order valence-corrected chi connectivity index (χ2v) is 8.27. The normalized spacial score (nSPS) is 27.0. The molecule has 0 unspecified atom stereocenters. The van der Waals surface area contributed by atoms with Crippen molar-refractivity contribution in [2.24, 2.45) is 11.3 Å². The molecule has 26 heavy (non-hydrogen) atoms. The summed E-state index contributed by atoms with van der Waals surface area (Å²) in [6.45, 7) is 7.35. The Labute approximate surface area is 154 Å². The average Bonchev–Trinajstić information content (AvgIpc) is 3.14. The molecule has 2 atom stereocenters. The molecule has 1 aromatic heterocycles. The van der Waals surface area contributed by atoms with E-state index in [0.717, 1.165) is 30.0 Å².